The van der Waals surface area contributed by atoms with E-state index in [2.05, 4.69) is 17.5 Å². The molecule has 3 unspecified atom stereocenters. The van der Waals surface area contributed by atoms with Crippen LogP contribution in [0.1, 0.15) is 19.3 Å². The molecule has 2 nitrogen and oxygen atoms in total. The first kappa shape index (κ1) is 7.32. The predicted octanol–water partition coefficient (Wildman–Crippen LogP) is 1.08. The lowest BCUT2D eigenvalue weighted by Gasteiger charge is -2.37. The van der Waals surface area contributed by atoms with Crippen molar-refractivity contribution in [2.75, 3.05) is 7.05 Å². The number of hydrogen-bond acceptors (Lipinski definition) is 2. The molecule has 11 heavy (non-hydrogen) atoms. The molecule has 1 saturated heterocycles. The lowest BCUT2D eigenvalue weighted by atomic mass is 9.93. The largest absolute Gasteiger partial charge is 0.369 e. The third-order valence-corrected chi connectivity index (χ3v) is 2.65. The summed E-state index contributed by atoms with van der Waals surface area (Å²) >= 11 is 0. The van der Waals surface area contributed by atoms with Crippen LogP contribution in [0.15, 0.2) is 12.2 Å². The summed E-state index contributed by atoms with van der Waals surface area (Å²) in [7, 11) is 2.02. The fourth-order valence-electron chi connectivity index (χ4n) is 1.97. The zero-order chi connectivity index (χ0) is 7.68. The highest BCUT2D eigenvalue weighted by molar-refractivity contribution is 5.02. The Labute approximate surface area is 67.6 Å². The van der Waals surface area contributed by atoms with Crippen LogP contribution in [0.2, 0.25) is 0 Å². The molecule has 0 spiro atoms. The second kappa shape index (κ2) is 2.95. The number of hydrogen-bond donors (Lipinski definition) is 1. The van der Waals surface area contributed by atoms with Gasteiger partial charge in [-0.1, -0.05) is 12.2 Å². The predicted molar refractivity (Wildman–Crippen MR) is 44.5 cm³/mol. The van der Waals surface area contributed by atoms with Crippen molar-refractivity contribution in [2.24, 2.45) is 0 Å². The molecular formula is C9H15NO. The third kappa shape index (κ3) is 1.33. The molecule has 0 aliphatic carbocycles. The van der Waals surface area contributed by atoms with Gasteiger partial charge in [0.2, 0.25) is 0 Å². The van der Waals surface area contributed by atoms with Crippen LogP contribution in [0, 0.1) is 0 Å². The highest BCUT2D eigenvalue weighted by atomic mass is 16.5. The van der Waals surface area contributed by atoms with Crippen LogP contribution in [0.4, 0.5) is 0 Å². The molecule has 0 radical (unpaired) electrons. The Morgan fingerprint density at radius 1 is 1.45 bits per heavy atom. The van der Waals surface area contributed by atoms with E-state index in [1.165, 1.54) is 12.8 Å². The molecule has 2 aliphatic rings. The molecule has 3 atom stereocenters. The molecule has 0 amide bonds. The fourth-order valence-corrected chi connectivity index (χ4v) is 1.97. The van der Waals surface area contributed by atoms with Gasteiger partial charge in [-0.15, -0.1) is 0 Å². The minimum absolute atomic E-state index is 0.415. The van der Waals surface area contributed by atoms with Gasteiger partial charge in [0.15, 0.2) is 0 Å². The smallest absolute Gasteiger partial charge is 0.0770 e. The first-order valence-electron chi connectivity index (χ1n) is 4.39. The molecule has 2 bridgehead atoms. The standard InChI is InChI=1S/C9H15NO/c1-10-8-6-5-7-3-2-4-9(8)11-7/h2-3,7-10H,4-6H2,1H3. The van der Waals surface area contributed by atoms with Crippen molar-refractivity contribution in [3.63, 3.8) is 0 Å². The Morgan fingerprint density at radius 3 is 3.18 bits per heavy atom. The van der Waals surface area contributed by atoms with Crippen LogP contribution in [0.25, 0.3) is 0 Å². The molecule has 0 aromatic carbocycles. The Morgan fingerprint density at radius 2 is 2.36 bits per heavy atom. The summed E-state index contributed by atoms with van der Waals surface area (Å²) in [5.74, 6) is 0. The summed E-state index contributed by atoms with van der Waals surface area (Å²) in [6.45, 7) is 0. The van der Waals surface area contributed by atoms with Gasteiger partial charge in [0, 0.05) is 6.04 Å². The quantitative estimate of drug-likeness (QED) is 0.569. The number of ether oxygens (including phenoxy) is 1. The van der Waals surface area contributed by atoms with E-state index >= 15 is 0 Å². The lowest BCUT2D eigenvalue weighted by Crippen LogP contribution is -2.46. The number of rotatable bonds is 1. The van der Waals surface area contributed by atoms with Gasteiger partial charge >= 0.3 is 0 Å². The van der Waals surface area contributed by atoms with E-state index in [4.69, 9.17) is 4.74 Å². The average molecular weight is 153 g/mol. The number of likely N-dealkylation sites (N-methyl/N-ethyl adjacent to an activating group) is 1. The Hall–Kier alpha value is -0.340. The van der Waals surface area contributed by atoms with Crippen LogP contribution >= 0.6 is 0 Å². The summed E-state index contributed by atoms with van der Waals surface area (Å²) in [6, 6.07) is 0.580. The summed E-state index contributed by atoms with van der Waals surface area (Å²) in [4.78, 5) is 0. The molecule has 2 heterocycles. The van der Waals surface area contributed by atoms with Crippen LogP contribution < -0.4 is 5.32 Å². The monoisotopic (exact) mass is 153 g/mol. The molecule has 0 saturated carbocycles. The number of fused-ring (bicyclic) bond motifs is 2. The minimum Gasteiger partial charge on any atom is -0.369 e. The zero-order valence-electron chi connectivity index (χ0n) is 6.92. The summed E-state index contributed by atoms with van der Waals surface area (Å²) in [6.07, 6.45) is 8.82. The molecule has 2 heteroatoms. The van der Waals surface area contributed by atoms with E-state index in [0.717, 1.165) is 6.42 Å². The molecular weight excluding hydrogens is 138 g/mol. The Balaban J connectivity index is 2.05. The fraction of sp³-hybridized carbons (Fsp3) is 0.778. The summed E-state index contributed by atoms with van der Waals surface area (Å²) in [5, 5.41) is 3.30. The summed E-state index contributed by atoms with van der Waals surface area (Å²) in [5.41, 5.74) is 0. The maximum Gasteiger partial charge on any atom is 0.0770 e. The van der Waals surface area contributed by atoms with Gasteiger partial charge in [-0.25, -0.2) is 0 Å². The first-order valence-corrected chi connectivity index (χ1v) is 4.39. The summed E-state index contributed by atoms with van der Waals surface area (Å²) < 4.78 is 5.78. The van der Waals surface area contributed by atoms with Crippen molar-refractivity contribution in [1.82, 2.24) is 5.32 Å². The molecule has 62 valence electrons. The van der Waals surface area contributed by atoms with Crippen LogP contribution in [0.3, 0.4) is 0 Å². The molecule has 0 aromatic heterocycles. The van der Waals surface area contributed by atoms with Gasteiger partial charge in [-0.05, 0) is 26.3 Å². The molecule has 0 aromatic rings. The maximum atomic E-state index is 5.78. The molecule has 2 aliphatic heterocycles. The average Bonchev–Trinajstić information content (AvgIpc) is 2.06. The minimum atomic E-state index is 0.415. The second-order valence-corrected chi connectivity index (χ2v) is 3.35. The first-order chi connectivity index (χ1) is 5.40. The van der Waals surface area contributed by atoms with E-state index in [9.17, 15) is 0 Å². The van der Waals surface area contributed by atoms with Gasteiger partial charge in [-0.2, -0.15) is 0 Å². The topological polar surface area (TPSA) is 21.3 Å². The van der Waals surface area contributed by atoms with Crippen molar-refractivity contribution >= 4 is 0 Å². The van der Waals surface area contributed by atoms with Crippen molar-refractivity contribution in [1.29, 1.82) is 0 Å². The Bertz CT molecular complexity index is 167. The van der Waals surface area contributed by atoms with Crippen LogP contribution in [-0.2, 0) is 4.74 Å². The van der Waals surface area contributed by atoms with Crippen molar-refractivity contribution < 1.29 is 4.74 Å². The van der Waals surface area contributed by atoms with E-state index in [1.807, 2.05) is 7.05 Å². The van der Waals surface area contributed by atoms with Crippen molar-refractivity contribution in [3.05, 3.63) is 12.2 Å². The van der Waals surface area contributed by atoms with Crippen LogP contribution in [0.5, 0.6) is 0 Å². The Kier molecular flexibility index (Phi) is 1.96. The van der Waals surface area contributed by atoms with Gasteiger partial charge in [0.05, 0.1) is 12.2 Å². The lowest BCUT2D eigenvalue weighted by molar-refractivity contribution is -0.0501. The van der Waals surface area contributed by atoms with Gasteiger partial charge in [0.25, 0.3) is 0 Å². The van der Waals surface area contributed by atoms with E-state index in [-0.39, 0.29) is 0 Å². The van der Waals surface area contributed by atoms with Crippen LogP contribution in [-0.4, -0.2) is 25.3 Å². The highest BCUT2D eigenvalue weighted by Crippen LogP contribution is 2.26. The zero-order valence-corrected chi connectivity index (χ0v) is 6.92. The molecule has 1 N–H and O–H groups in total. The van der Waals surface area contributed by atoms with Gasteiger partial charge < -0.3 is 10.1 Å². The maximum absolute atomic E-state index is 5.78. The van der Waals surface area contributed by atoms with E-state index in [0.29, 0.717) is 18.2 Å². The van der Waals surface area contributed by atoms with Gasteiger partial charge in [-0.3, -0.25) is 0 Å². The normalized spacial score (nSPS) is 42.5. The SMILES string of the molecule is CNC1CCC2C=CCC1O2. The van der Waals surface area contributed by atoms with Gasteiger partial charge in [0.1, 0.15) is 0 Å². The highest BCUT2D eigenvalue weighted by Gasteiger charge is 2.30. The van der Waals surface area contributed by atoms with E-state index in [1.54, 1.807) is 0 Å². The molecule has 2 rings (SSSR count). The van der Waals surface area contributed by atoms with Crippen molar-refractivity contribution in [3.8, 4) is 0 Å². The van der Waals surface area contributed by atoms with Crippen molar-refractivity contribution in [2.45, 2.75) is 37.5 Å². The number of nitrogens with one attached hydrogen (secondary N) is 1. The molecule has 1 fully saturated rings. The van der Waals surface area contributed by atoms with E-state index < -0.39 is 0 Å². The third-order valence-electron chi connectivity index (χ3n) is 2.65. The second-order valence-electron chi connectivity index (χ2n) is 3.35.